The molecule has 2 aliphatic heterocycles. The number of methoxy groups -OCH3 is 1. The van der Waals surface area contributed by atoms with Gasteiger partial charge in [0, 0.05) is 29.9 Å². The van der Waals surface area contributed by atoms with Crippen LogP contribution in [0.5, 0.6) is 11.5 Å². The molecule has 2 bridgehead atoms. The lowest BCUT2D eigenvalue weighted by Crippen LogP contribution is -2.35. The van der Waals surface area contributed by atoms with Gasteiger partial charge < -0.3 is 25.1 Å². The second kappa shape index (κ2) is 8.18. The average Bonchev–Trinajstić information content (AvgIpc) is 3.16. The molecule has 1 amide bonds. The number of amides is 1. The van der Waals surface area contributed by atoms with Gasteiger partial charge in [-0.05, 0) is 37.0 Å². The number of ether oxygens (including phenoxy) is 2. The molecule has 3 N–H and O–H groups in total. The molecule has 0 saturated heterocycles. The summed E-state index contributed by atoms with van der Waals surface area (Å²) < 4.78 is 25.8. The van der Waals surface area contributed by atoms with Crippen LogP contribution in [0.1, 0.15) is 41.7 Å². The third kappa shape index (κ3) is 3.45. The molecule has 0 radical (unpaired) electrons. The maximum atomic E-state index is 14.4. The van der Waals surface area contributed by atoms with Crippen molar-refractivity contribution in [2.75, 3.05) is 25.6 Å². The molecule has 2 atom stereocenters. The van der Waals surface area contributed by atoms with Crippen LogP contribution < -0.4 is 20.1 Å². The van der Waals surface area contributed by atoms with Gasteiger partial charge in [0.05, 0.1) is 42.5 Å². The summed E-state index contributed by atoms with van der Waals surface area (Å²) >= 11 is 0. The Bertz CT molecular complexity index is 1180. The number of halogens is 1. The third-order valence-corrected chi connectivity index (χ3v) is 6.19. The van der Waals surface area contributed by atoms with E-state index in [0.29, 0.717) is 47.5 Å². The molecule has 1 aromatic carbocycles. The van der Waals surface area contributed by atoms with Crippen LogP contribution in [0, 0.1) is 11.7 Å². The molecular formula is C24H25FN4O3. The summed E-state index contributed by atoms with van der Waals surface area (Å²) in [5.41, 5.74) is 3.92. The molecule has 2 aromatic heterocycles. The summed E-state index contributed by atoms with van der Waals surface area (Å²) in [7, 11) is 1.42. The highest BCUT2D eigenvalue weighted by molar-refractivity contribution is 6.07. The summed E-state index contributed by atoms with van der Waals surface area (Å²) in [6.07, 6.45) is 5.25. The molecule has 32 heavy (non-hydrogen) atoms. The number of para-hydroxylation sites is 1. The Balaban J connectivity index is 1.73. The van der Waals surface area contributed by atoms with Gasteiger partial charge in [-0.3, -0.25) is 9.78 Å². The number of nitrogens with zero attached hydrogens (tertiary/aromatic N) is 1. The Morgan fingerprint density at radius 1 is 1.28 bits per heavy atom. The van der Waals surface area contributed by atoms with Gasteiger partial charge in [0.2, 0.25) is 0 Å². The smallest absolute Gasteiger partial charge is 0.255 e. The molecule has 1 unspecified atom stereocenters. The van der Waals surface area contributed by atoms with Crippen molar-refractivity contribution < 1.29 is 18.7 Å². The van der Waals surface area contributed by atoms with Crippen molar-refractivity contribution in [1.29, 1.82) is 0 Å². The number of aromatic nitrogens is 2. The monoisotopic (exact) mass is 436 g/mol. The van der Waals surface area contributed by atoms with Crippen molar-refractivity contribution in [2.24, 2.45) is 5.92 Å². The summed E-state index contributed by atoms with van der Waals surface area (Å²) in [6, 6.07) is 6.51. The SMILES string of the molecule is COc1c(F)cccc1Nc1c2[nH]c3c1C(=O)NC[C@@H]3CCC(C)COc1cnccc1-2. The quantitative estimate of drug-likeness (QED) is 0.558. The Morgan fingerprint density at radius 3 is 3.00 bits per heavy atom. The van der Waals surface area contributed by atoms with E-state index in [9.17, 15) is 9.18 Å². The molecule has 0 spiro atoms. The number of rotatable bonds is 3. The van der Waals surface area contributed by atoms with Crippen molar-refractivity contribution in [3.63, 3.8) is 0 Å². The first-order chi connectivity index (χ1) is 15.6. The number of fused-ring (bicyclic) bond motifs is 3. The second-order valence-electron chi connectivity index (χ2n) is 8.38. The van der Waals surface area contributed by atoms with Gasteiger partial charge in [-0.1, -0.05) is 13.0 Å². The van der Waals surface area contributed by atoms with Crippen molar-refractivity contribution in [3.05, 3.63) is 53.7 Å². The van der Waals surface area contributed by atoms with E-state index < -0.39 is 5.82 Å². The van der Waals surface area contributed by atoms with E-state index >= 15 is 0 Å². The Kier molecular flexibility index (Phi) is 5.20. The zero-order chi connectivity index (χ0) is 22.2. The van der Waals surface area contributed by atoms with Crippen LogP contribution >= 0.6 is 0 Å². The first-order valence-electron chi connectivity index (χ1n) is 10.8. The normalized spacial score (nSPS) is 19.8. The first-order valence-corrected chi connectivity index (χ1v) is 10.8. The Hall–Kier alpha value is -3.55. The number of benzene rings is 1. The van der Waals surface area contributed by atoms with Crippen LogP contribution in [0.15, 0.2) is 36.7 Å². The number of hydrogen-bond donors (Lipinski definition) is 3. The van der Waals surface area contributed by atoms with Gasteiger partial charge in [-0.2, -0.15) is 0 Å². The number of pyridine rings is 1. The van der Waals surface area contributed by atoms with Gasteiger partial charge >= 0.3 is 0 Å². The molecule has 2 aliphatic rings. The maximum absolute atomic E-state index is 14.4. The minimum absolute atomic E-state index is 0.0855. The van der Waals surface area contributed by atoms with E-state index in [1.165, 1.54) is 13.2 Å². The highest BCUT2D eigenvalue weighted by Crippen LogP contribution is 2.45. The van der Waals surface area contributed by atoms with E-state index in [1.54, 1.807) is 24.5 Å². The number of H-pyrrole nitrogens is 1. The van der Waals surface area contributed by atoms with Gasteiger partial charge in [0.15, 0.2) is 11.6 Å². The summed E-state index contributed by atoms with van der Waals surface area (Å²) in [5, 5.41) is 6.31. The highest BCUT2D eigenvalue weighted by atomic mass is 19.1. The fourth-order valence-electron chi connectivity index (χ4n) is 4.49. The van der Waals surface area contributed by atoms with E-state index in [2.05, 4.69) is 27.5 Å². The van der Waals surface area contributed by atoms with Crippen molar-refractivity contribution in [1.82, 2.24) is 15.3 Å². The molecule has 3 aromatic rings. The fourth-order valence-corrected chi connectivity index (χ4v) is 4.49. The lowest BCUT2D eigenvalue weighted by Gasteiger charge is -2.25. The fraction of sp³-hybridized carbons (Fsp3) is 0.333. The first kappa shape index (κ1) is 20.4. The topological polar surface area (TPSA) is 88.3 Å². The van der Waals surface area contributed by atoms with E-state index in [4.69, 9.17) is 9.47 Å². The Morgan fingerprint density at radius 2 is 2.16 bits per heavy atom. The third-order valence-electron chi connectivity index (χ3n) is 6.19. The van der Waals surface area contributed by atoms with Crippen LogP contribution in [0.4, 0.5) is 15.8 Å². The summed E-state index contributed by atoms with van der Waals surface area (Å²) in [5.74, 6) is 0.579. The molecule has 0 fully saturated rings. The molecular weight excluding hydrogens is 411 g/mol. The van der Waals surface area contributed by atoms with Gasteiger partial charge in [-0.25, -0.2) is 4.39 Å². The van der Waals surface area contributed by atoms with Crippen molar-refractivity contribution >= 4 is 17.3 Å². The predicted octanol–water partition coefficient (Wildman–Crippen LogP) is 4.60. The van der Waals surface area contributed by atoms with E-state index in [1.807, 2.05) is 6.07 Å². The van der Waals surface area contributed by atoms with Crippen LogP contribution in [-0.4, -0.2) is 36.1 Å². The van der Waals surface area contributed by atoms with Crippen LogP contribution in [0.25, 0.3) is 11.3 Å². The Labute approximate surface area is 185 Å². The molecule has 8 heteroatoms. The van der Waals surface area contributed by atoms with Crippen molar-refractivity contribution in [3.8, 4) is 22.8 Å². The van der Waals surface area contributed by atoms with Gasteiger partial charge in [0.25, 0.3) is 5.91 Å². The standard InChI is InChI=1S/C24H25FN4O3/c1-13-6-7-14-10-27-24(30)19-20(14)29-21(15-8-9-26-11-18(15)32-12-13)22(19)28-17-5-3-4-16(25)23(17)31-2/h3-5,8-9,11,13-14,28-29H,6-7,10,12H2,1-2H3,(H,27,30)/t13?,14-/m0/s1. The van der Waals surface area contributed by atoms with Crippen LogP contribution in [0.2, 0.25) is 0 Å². The second-order valence-corrected chi connectivity index (χ2v) is 8.38. The molecule has 4 heterocycles. The maximum Gasteiger partial charge on any atom is 0.255 e. The van der Waals surface area contributed by atoms with Gasteiger partial charge in [0.1, 0.15) is 5.75 Å². The predicted molar refractivity (Wildman–Crippen MR) is 119 cm³/mol. The number of carbonyl (C=O) groups excluding carboxylic acids is 1. The van der Waals surface area contributed by atoms with Crippen LogP contribution in [-0.2, 0) is 0 Å². The summed E-state index contributed by atoms with van der Waals surface area (Å²) in [4.78, 5) is 20.8. The highest BCUT2D eigenvalue weighted by Gasteiger charge is 2.34. The molecule has 0 saturated carbocycles. The molecule has 5 rings (SSSR count). The minimum atomic E-state index is -0.484. The van der Waals surface area contributed by atoms with E-state index in [-0.39, 0.29) is 17.6 Å². The lowest BCUT2D eigenvalue weighted by molar-refractivity contribution is 0.0939. The average molecular weight is 436 g/mol. The van der Waals surface area contributed by atoms with Crippen molar-refractivity contribution in [2.45, 2.75) is 25.7 Å². The number of nitrogens with one attached hydrogen (secondary N) is 3. The lowest BCUT2D eigenvalue weighted by atomic mass is 9.89. The molecule has 0 aliphatic carbocycles. The zero-order valence-electron chi connectivity index (χ0n) is 18.0. The molecule has 7 nitrogen and oxygen atoms in total. The number of aromatic amines is 1. The largest absolute Gasteiger partial charge is 0.492 e. The molecule has 166 valence electrons. The zero-order valence-corrected chi connectivity index (χ0v) is 18.0. The minimum Gasteiger partial charge on any atom is -0.492 e. The number of anilines is 2. The van der Waals surface area contributed by atoms with Crippen LogP contribution in [0.3, 0.4) is 0 Å². The summed E-state index contributed by atoms with van der Waals surface area (Å²) in [6.45, 7) is 3.32. The van der Waals surface area contributed by atoms with Gasteiger partial charge in [-0.15, -0.1) is 0 Å². The number of carbonyl (C=O) groups is 1. The van der Waals surface area contributed by atoms with E-state index in [0.717, 1.165) is 24.1 Å². The number of hydrogen-bond acceptors (Lipinski definition) is 5.